The Balaban J connectivity index is 1.85. The number of nitrogens with one attached hydrogen (secondary N) is 1. The predicted octanol–water partition coefficient (Wildman–Crippen LogP) is 5.97. The molecule has 0 spiro atoms. The van der Waals surface area contributed by atoms with Gasteiger partial charge in [-0.3, -0.25) is 9.59 Å². The van der Waals surface area contributed by atoms with E-state index < -0.39 is 5.91 Å². The number of hydrogen-bond acceptors (Lipinski definition) is 3. The lowest BCUT2D eigenvalue weighted by Crippen LogP contribution is -2.32. The molecule has 4 rings (SSSR count). The van der Waals surface area contributed by atoms with E-state index >= 15 is 0 Å². The van der Waals surface area contributed by atoms with Crippen LogP contribution >= 0.6 is 11.6 Å². The molecule has 5 heteroatoms. The maximum Gasteiger partial charge on any atom is 0.282 e. The van der Waals surface area contributed by atoms with Crippen molar-refractivity contribution in [3.8, 4) is 0 Å². The Morgan fingerprint density at radius 1 is 0.774 bits per heavy atom. The molecular weight excluding hydrogens is 408 g/mol. The van der Waals surface area contributed by atoms with E-state index in [1.54, 1.807) is 18.2 Å². The van der Waals surface area contributed by atoms with Crippen LogP contribution in [0.1, 0.15) is 27.8 Å². The van der Waals surface area contributed by atoms with Crippen molar-refractivity contribution in [2.75, 3.05) is 10.2 Å². The molecule has 1 heterocycles. The number of imide groups is 1. The van der Waals surface area contributed by atoms with Gasteiger partial charge >= 0.3 is 0 Å². The first-order valence-corrected chi connectivity index (χ1v) is 10.4. The van der Waals surface area contributed by atoms with E-state index in [-0.39, 0.29) is 11.6 Å². The van der Waals surface area contributed by atoms with Gasteiger partial charge in [0, 0.05) is 10.7 Å². The Morgan fingerprint density at radius 2 is 1.52 bits per heavy atom. The van der Waals surface area contributed by atoms with Gasteiger partial charge in [0.05, 0.1) is 11.3 Å². The van der Waals surface area contributed by atoms with E-state index in [1.165, 1.54) is 4.90 Å². The standard InChI is InChI=1S/C26H23ClN2O2/c1-15-6-5-7-20(12-15)28-24-23(19-10-8-16(2)18(4)13-19)25(30)29(26(24)31)21-11-9-17(3)22(27)14-21/h5-14,28H,1-4H3. The zero-order valence-electron chi connectivity index (χ0n) is 17.9. The first-order valence-electron chi connectivity index (χ1n) is 10.1. The second-order valence-corrected chi connectivity index (χ2v) is 8.33. The molecule has 0 aromatic heterocycles. The molecule has 156 valence electrons. The molecule has 3 aromatic carbocycles. The summed E-state index contributed by atoms with van der Waals surface area (Å²) in [5.41, 5.74) is 6.63. The summed E-state index contributed by atoms with van der Waals surface area (Å²) in [5, 5.41) is 3.71. The summed E-state index contributed by atoms with van der Waals surface area (Å²) in [6.07, 6.45) is 0. The fourth-order valence-corrected chi connectivity index (χ4v) is 3.81. The van der Waals surface area contributed by atoms with Gasteiger partial charge in [-0.1, -0.05) is 48.0 Å². The van der Waals surface area contributed by atoms with Crippen LogP contribution in [0, 0.1) is 27.7 Å². The second-order valence-electron chi connectivity index (χ2n) is 7.92. The van der Waals surface area contributed by atoms with Gasteiger partial charge in [-0.25, -0.2) is 4.90 Å². The number of carbonyl (C=O) groups is 2. The SMILES string of the molecule is Cc1cccc(NC2=C(c3ccc(C)c(C)c3)C(=O)N(c3ccc(C)c(Cl)c3)C2=O)c1. The van der Waals surface area contributed by atoms with Gasteiger partial charge in [-0.2, -0.15) is 0 Å². The molecule has 0 bridgehead atoms. The number of anilines is 2. The molecule has 31 heavy (non-hydrogen) atoms. The lowest BCUT2D eigenvalue weighted by molar-refractivity contribution is -0.120. The minimum absolute atomic E-state index is 0.260. The average molecular weight is 431 g/mol. The van der Waals surface area contributed by atoms with Crippen LogP contribution in [0.4, 0.5) is 11.4 Å². The van der Waals surface area contributed by atoms with Gasteiger partial charge in [0.1, 0.15) is 5.70 Å². The minimum atomic E-state index is -0.403. The summed E-state index contributed by atoms with van der Waals surface area (Å²) in [7, 11) is 0. The predicted molar refractivity (Wildman–Crippen MR) is 126 cm³/mol. The monoisotopic (exact) mass is 430 g/mol. The van der Waals surface area contributed by atoms with Crippen LogP contribution in [0.3, 0.4) is 0 Å². The van der Waals surface area contributed by atoms with Gasteiger partial charge in [0.25, 0.3) is 11.8 Å². The number of aryl methyl sites for hydroxylation is 4. The summed E-state index contributed by atoms with van der Waals surface area (Å²) in [4.78, 5) is 28.2. The molecule has 1 N–H and O–H groups in total. The number of benzene rings is 3. The van der Waals surface area contributed by atoms with Gasteiger partial charge in [-0.05, 0) is 79.8 Å². The summed E-state index contributed by atoms with van der Waals surface area (Å²) in [5.74, 6) is -0.775. The fraction of sp³-hybridized carbons (Fsp3) is 0.154. The maximum atomic E-state index is 13.5. The van der Waals surface area contributed by atoms with Crippen molar-refractivity contribution in [2.45, 2.75) is 27.7 Å². The molecule has 0 atom stereocenters. The van der Waals surface area contributed by atoms with E-state index in [4.69, 9.17) is 11.6 Å². The zero-order chi connectivity index (χ0) is 22.3. The number of nitrogens with zero attached hydrogens (tertiary/aromatic N) is 1. The second kappa shape index (κ2) is 8.05. The van der Waals surface area contributed by atoms with E-state index in [2.05, 4.69) is 5.32 Å². The van der Waals surface area contributed by atoms with Crippen LogP contribution < -0.4 is 10.2 Å². The van der Waals surface area contributed by atoms with E-state index in [1.807, 2.05) is 70.2 Å². The Hall–Kier alpha value is -3.37. The van der Waals surface area contributed by atoms with Crippen molar-refractivity contribution in [1.82, 2.24) is 0 Å². The third-order valence-corrected chi connectivity index (χ3v) is 5.99. The molecule has 0 radical (unpaired) electrons. The lowest BCUT2D eigenvalue weighted by Gasteiger charge is -2.16. The molecule has 0 fully saturated rings. The Bertz CT molecular complexity index is 1260. The average Bonchev–Trinajstić information content (AvgIpc) is 2.96. The normalized spacial score (nSPS) is 13.9. The molecule has 2 amide bonds. The molecule has 3 aromatic rings. The van der Waals surface area contributed by atoms with Crippen molar-refractivity contribution in [3.05, 3.63) is 99.2 Å². The third kappa shape index (κ3) is 3.87. The maximum absolute atomic E-state index is 13.5. The summed E-state index contributed by atoms with van der Waals surface area (Å²) >= 11 is 6.28. The number of hydrogen-bond donors (Lipinski definition) is 1. The highest BCUT2D eigenvalue weighted by atomic mass is 35.5. The van der Waals surface area contributed by atoms with E-state index in [9.17, 15) is 9.59 Å². The first-order chi connectivity index (χ1) is 14.8. The number of carbonyl (C=O) groups excluding carboxylic acids is 2. The van der Waals surface area contributed by atoms with Crippen molar-refractivity contribution in [1.29, 1.82) is 0 Å². The Kier molecular flexibility index (Phi) is 5.42. The molecule has 0 aliphatic carbocycles. The van der Waals surface area contributed by atoms with Crippen molar-refractivity contribution in [2.24, 2.45) is 0 Å². The summed E-state index contributed by atoms with van der Waals surface area (Å²) < 4.78 is 0. The van der Waals surface area contributed by atoms with Crippen molar-refractivity contribution < 1.29 is 9.59 Å². The molecule has 0 saturated carbocycles. The highest BCUT2D eigenvalue weighted by Gasteiger charge is 2.40. The van der Waals surface area contributed by atoms with E-state index in [0.717, 1.165) is 27.9 Å². The third-order valence-electron chi connectivity index (χ3n) is 5.58. The van der Waals surface area contributed by atoms with Crippen LogP contribution in [0.25, 0.3) is 5.57 Å². The molecule has 4 nitrogen and oxygen atoms in total. The number of rotatable bonds is 4. The van der Waals surface area contributed by atoms with Crippen molar-refractivity contribution >= 4 is 40.4 Å². The lowest BCUT2D eigenvalue weighted by atomic mass is 9.99. The molecule has 0 unspecified atom stereocenters. The fourth-order valence-electron chi connectivity index (χ4n) is 3.63. The smallest absolute Gasteiger partial charge is 0.282 e. The van der Waals surface area contributed by atoms with Gasteiger partial charge in [0.2, 0.25) is 0 Å². The van der Waals surface area contributed by atoms with Gasteiger partial charge in [0.15, 0.2) is 0 Å². The largest absolute Gasteiger partial charge is 0.350 e. The molecule has 1 aliphatic heterocycles. The number of amides is 2. The van der Waals surface area contributed by atoms with E-state index in [0.29, 0.717) is 21.8 Å². The van der Waals surface area contributed by atoms with Crippen LogP contribution in [-0.2, 0) is 9.59 Å². The first kappa shape index (κ1) is 20.9. The topological polar surface area (TPSA) is 49.4 Å². The molecule has 1 aliphatic rings. The molecular formula is C26H23ClN2O2. The minimum Gasteiger partial charge on any atom is -0.350 e. The summed E-state index contributed by atoms with van der Waals surface area (Å²) in [6.45, 7) is 7.86. The Labute approximate surface area is 187 Å². The summed E-state index contributed by atoms with van der Waals surface area (Å²) in [6, 6.07) is 18.7. The zero-order valence-corrected chi connectivity index (χ0v) is 18.7. The molecule has 0 saturated heterocycles. The quantitative estimate of drug-likeness (QED) is 0.518. The van der Waals surface area contributed by atoms with Crippen molar-refractivity contribution in [3.63, 3.8) is 0 Å². The van der Waals surface area contributed by atoms with Crippen LogP contribution in [0.15, 0.2) is 66.4 Å². The van der Waals surface area contributed by atoms with Crippen LogP contribution in [0.5, 0.6) is 0 Å². The van der Waals surface area contributed by atoms with Gasteiger partial charge < -0.3 is 5.32 Å². The highest BCUT2D eigenvalue weighted by molar-refractivity contribution is 6.46. The van der Waals surface area contributed by atoms with Gasteiger partial charge in [-0.15, -0.1) is 0 Å². The number of halogens is 1. The van der Waals surface area contributed by atoms with Crippen LogP contribution in [0.2, 0.25) is 5.02 Å². The van der Waals surface area contributed by atoms with Crippen LogP contribution in [-0.4, -0.2) is 11.8 Å². The Morgan fingerprint density at radius 3 is 2.19 bits per heavy atom. The highest BCUT2D eigenvalue weighted by Crippen LogP contribution is 2.35.